The smallest absolute Gasteiger partial charge is 0.355 e. The highest BCUT2D eigenvalue weighted by Gasteiger charge is 2.17. The van der Waals surface area contributed by atoms with Crippen molar-refractivity contribution in [1.82, 2.24) is 4.57 Å². The summed E-state index contributed by atoms with van der Waals surface area (Å²) in [7, 11) is 1.96. The number of hydrogen-bond acceptors (Lipinski definition) is 2. The van der Waals surface area contributed by atoms with Gasteiger partial charge in [-0.05, 0) is 12.1 Å². The highest BCUT2D eigenvalue weighted by Crippen LogP contribution is 2.14. The fourth-order valence-electron chi connectivity index (χ4n) is 1.87. The molecule has 84 valence electrons. The van der Waals surface area contributed by atoms with E-state index >= 15 is 0 Å². The molecule has 0 radical (unpaired) electrons. The van der Waals surface area contributed by atoms with E-state index < -0.39 is 0 Å². The molecule has 0 saturated carbocycles. The van der Waals surface area contributed by atoms with E-state index in [1.165, 1.54) is 6.26 Å². The lowest BCUT2D eigenvalue weighted by Crippen LogP contribution is -2.31. The van der Waals surface area contributed by atoms with Crippen LogP contribution in [0.2, 0.25) is 0 Å². The molecular formula is C12H16N3O+. The predicted molar refractivity (Wildman–Crippen MR) is 63.7 cm³/mol. The third-order valence-electron chi connectivity index (χ3n) is 2.70. The molecule has 0 aliphatic rings. The van der Waals surface area contributed by atoms with Gasteiger partial charge in [0.05, 0.1) is 13.3 Å². The number of hydrogen-bond donors (Lipinski definition) is 1. The summed E-state index contributed by atoms with van der Waals surface area (Å²) in [6.07, 6.45) is 1.45. The van der Waals surface area contributed by atoms with Crippen molar-refractivity contribution < 1.29 is 9.30 Å². The molecule has 0 aliphatic heterocycles. The van der Waals surface area contributed by atoms with Gasteiger partial charge in [-0.15, -0.1) is 0 Å². The molecule has 0 spiro atoms. The molecule has 4 heteroatoms. The van der Waals surface area contributed by atoms with Gasteiger partial charge < -0.3 is 4.74 Å². The zero-order chi connectivity index (χ0) is 11.5. The monoisotopic (exact) mass is 218 g/mol. The molecular weight excluding hydrogens is 202 g/mol. The van der Waals surface area contributed by atoms with Crippen molar-refractivity contribution in [1.29, 1.82) is 0 Å². The molecule has 0 unspecified atom stereocenters. The number of aryl methyl sites for hydroxylation is 1. The van der Waals surface area contributed by atoms with Crippen molar-refractivity contribution in [3.05, 3.63) is 37.1 Å². The van der Waals surface area contributed by atoms with Crippen LogP contribution in [0.5, 0.6) is 0 Å². The van der Waals surface area contributed by atoms with Crippen LogP contribution in [0.4, 0.5) is 5.95 Å². The number of ether oxygens (including phenoxy) is 1. The van der Waals surface area contributed by atoms with Crippen LogP contribution < -0.4 is 10.3 Å². The first kappa shape index (κ1) is 10.5. The minimum Gasteiger partial charge on any atom is -0.498 e. The number of para-hydroxylation sites is 2. The zero-order valence-electron chi connectivity index (χ0n) is 9.39. The normalized spacial score (nSPS) is 10.6. The van der Waals surface area contributed by atoms with Gasteiger partial charge in [0.1, 0.15) is 24.2 Å². The lowest BCUT2D eigenvalue weighted by atomic mass is 10.3. The van der Waals surface area contributed by atoms with Crippen LogP contribution in [-0.4, -0.2) is 11.2 Å². The van der Waals surface area contributed by atoms with E-state index in [1.807, 2.05) is 28.3 Å². The minimum absolute atomic E-state index is 0.576. The Morgan fingerprint density at radius 1 is 1.50 bits per heavy atom. The van der Waals surface area contributed by atoms with Gasteiger partial charge in [-0.3, -0.25) is 5.73 Å². The van der Waals surface area contributed by atoms with E-state index in [9.17, 15) is 0 Å². The lowest BCUT2D eigenvalue weighted by molar-refractivity contribution is -0.630. The van der Waals surface area contributed by atoms with Crippen molar-refractivity contribution in [2.45, 2.75) is 6.54 Å². The summed E-state index contributed by atoms with van der Waals surface area (Å²) < 4.78 is 9.14. The Labute approximate surface area is 94.6 Å². The van der Waals surface area contributed by atoms with Gasteiger partial charge >= 0.3 is 5.95 Å². The fraction of sp³-hybridized carbons (Fsp3) is 0.250. The van der Waals surface area contributed by atoms with Gasteiger partial charge in [-0.25, -0.2) is 9.13 Å². The summed E-state index contributed by atoms with van der Waals surface area (Å²) in [5.41, 5.74) is 8.29. The van der Waals surface area contributed by atoms with Gasteiger partial charge in [-0.2, -0.15) is 0 Å². The minimum atomic E-state index is 0.576. The highest BCUT2D eigenvalue weighted by atomic mass is 16.5. The molecule has 1 heterocycles. The molecule has 2 N–H and O–H groups in total. The van der Waals surface area contributed by atoms with Crippen LogP contribution in [0.3, 0.4) is 0 Å². The second-order valence-electron chi connectivity index (χ2n) is 3.60. The van der Waals surface area contributed by atoms with Gasteiger partial charge in [0.15, 0.2) is 0 Å². The van der Waals surface area contributed by atoms with Crippen molar-refractivity contribution in [2.75, 3.05) is 12.3 Å². The SMILES string of the molecule is C=COCCn1c(N)[n+](C)c2ccccc21. The molecule has 2 aromatic rings. The van der Waals surface area contributed by atoms with E-state index in [0.717, 1.165) is 23.5 Å². The summed E-state index contributed by atoms with van der Waals surface area (Å²) in [6.45, 7) is 4.81. The average molecular weight is 218 g/mol. The van der Waals surface area contributed by atoms with E-state index in [4.69, 9.17) is 10.5 Å². The Balaban J connectivity index is 2.43. The number of aromatic nitrogens is 2. The summed E-state index contributed by atoms with van der Waals surface area (Å²) in [4.78, 5) is 0. The molecule has 0 atom stereocenters. The molecule has 2 rings (SSSR count). The third kappa shape index (κ3) is 1.62. The second-order valence-corrected chi connectivity index (χ2v) is 3.60. The molecule has 4 nitrogen and oxygen atoms in total. The van der Waals surface area contributed by atoms with Crippen LogP contribution in [0.25, 0.3) is 11.0 Å². The molecule has 1 aromatic heterocycles. The van der Waals surface area contributed by atoms with Gasteiger partial charge in [-0.1, -0.05) is 18.7 Å². The number of nitrogens with two attached hydrogens (primary N) is 1. The Kier molecular flexibility index (Phi) is 2.81. The van der Waals surface area contributed by atoms with Crippen LogP contribution in [0.1, 0.15) is 0 Å². The first-order valence-corrected chi connectivity index (χ1v) is 5.21. The van der Waals surface area contributed by atoms with Crippen molar-refractivity contribution in [3.63, 3.8) is 0 Å². The number of fused-ring (bicyclic) bond motifs is 1. The number of anilines is 1. The highest BCUT2D eigenvalue weighted by molar-refractivity contribution is 5.73. The molecule has 16 heavy (non-hydrogen) atoms. The summed E-state index contributed by atoms with van der Waals surface area (Å²) in [5, 5.41) is 0. The summed E-state index contributed by atoms with van der Waals surface area (Å²) in [6, 6.07) is 8.12. The molecule has 0 bridgehead atoms. The Bertz CT molecular complexity index is 516. The number of imidazole rings is 1. The van der Waals surface area contributed by atoms with Gasteiger partial charge in [0.25, 0.3) is 0 Å². The number of nitrogens with zero attached hydrogens (tertiary/aromatic N) is 2. The van der Waals surface area contributed by atoms with E-state index in [1.54, 1.807) is 0 Å². The Morgan fingerprint density at radius 2 is 2.25 bits per heavy atom. The van der Waals surface area contributed by atoms with Crippen LogP contribution in [0.15, 0.2) is 37.1 Å². The van der Waals surface area contributed by atoms with Crippen molar-refractivity contribution >= 4 is 17.0 Å². The zero-order valence-corrected chi connectivity index (χ0v) is 9.39. The summed E-state index contributed by atoms with van der Waals surface area (Å²) >= 11 is 0. The van der Waals surface area contributed by atoms with Crippen LogP contribution in [0, 0.1) is 0 Å². The van der Waals surface area contributed by atoms with Gasteiger partial charge in [0.2, 0.25) is 0 Å². The summed E-state index contributed by atoms with van der Waals surface area (Å²) in [5.74, 6) is 0.730. The number of nitrogen functional groups attached to an aromatic ring is 1. The van der Waals surface area contributed by atoms with Crippen molar-refractivity contribution in [3.8, 4) is 0 Å². The van der Waals surface area contributed by atoms with E-state index in [-0.39, 0.29) is 0 Å². The van der Waals surface area contributed by atoms with Crippen LogP contribution in [-0.2, 0) is 18.3 Å². The van der Waals surface area contributed by atoms with E-state index in [2.05, 4.69) is 18.7 Å². The maximum Gasteiger partial charge on any atom is 0.355 e. The van der Waals surface area contributed by atoms with Gasteiger partial charge in [0, 0.05) is 0 Å². The predicted octanol–water partition coefficient (Wildman–Crippen LogP) is 1.21. The first-order chi connectivity index (χ1) is 7.75. The molecule has 0 fully saturated rings. The molecule has 0 aliphatic carbocycles. The first-order valence-electron chi connectivity index (χ1n) is 5.21. The molecule has 1 aromatic carbocycles. The lowest BCUT2D eigenvalue weighted by Gasteiger charge is -2.00. The number of rotatable bonds is 4. The topological polar surface area (TPSA) is 44.1 Å². The second kappa shape index (κ2) is 4.26. The number of benzene rings is 1. The van der Waals surface area contributed by atoms with Crippen LogP contribution >= 0.6 is 0 Å². The third-order valence-corrected chi connectivity index (χ3v) is 2.70. The average Bonchev–Trinajstić information content (AvgIpc) is 2.55. The van der Waals surface area contributed by atoms with E-state index in [0.29, 0.717) is 6.61 Å². The standard InChI is InChI=1S/C12H15N3O/c1-3-16-9-8-15-11-7-5-4-6-10(11)14(2)12(15)13/h3-7,13H,1,8-9H2,2H3/p+1. The molecule has 0 amide bonds. The quantitative estimate of drug-likeness (QED) is 0.476. The van der Waals surface area contributed by atoms with Crippen molar-refractivity contribution in [2.24, 2.45) is 7.05 Å². The largest absolute Gasteiger partial charge is 0.498 e. The maximum atomic E-state index is 6.04. The maximum absolute atomic E-state index is 6.04. The molecule has 0 saturated heterocycles. The Morgan fingerprint density at radius 3 is 3.00 bits per heavy atom. The Hall–Kier alpha value is -1.97. The fourth-order valence-corrected chi connectivity index (χ4v) is 1.87.